The number of fused-ring (bicyclic) bond motifs is 3. The largest absolute Gasteiger partial charge is 0.497 e. The van der Waals surface area contributed by atoms with Gasteiger partial charge in [0, 0.05) is 17.2 Å². The number of hydrogen-bond donors (Lipinski definition) is 0. The summed E-state index contributed by atoms with van der Waals surface area (Å²) in [7, 11) is 1.58. The lowest BCUT2D eigenvalue weighted by molar-refractivity contribution is 0.0929. The molecule has 0 radical (unpaired) electrons. The Morgan fingerprint density at radius 3 is 2.42 bits per heavy atom. The minimum Gasteiger partial charge on any atom is -0.497 e. The fourth-order valence-electron chi connectivity index (χ4n) is 3.06. The topological polar surface area (TPSA) is 57.5 Å². The van der Waals surface area contributed by atoms with E-state index in [0.717, 1.165) is 0 Å². The number of pyridine rings is 1. The second-order valence-electron chi connectivity index (χ2n) is 5.59. The van der Waals surface area contributed by atoms with Crippen LogP contribution in [0.1, 0.15) is 16.8 Å². The van der Waals surface area contributed by atoms with E-state index in [1.165, 1.54) is 4.57 Å². The maximum Gasteiger partial charge on any atom is 0.265 e. The smallest absolute Gasteiger partial charge is 0.265 e. The van der Waals surface area contributed by atoms with Gasteiger partial charge >= 0.3 is 0 Å². The molecule has 5 nitrogen and oxygen atoms in total. The van der Waals surface area contributed by atoms with Crippen LogP contribution >= 0.6 is 0 Å². The highest BCUT2D eigenvalue weighted by molar-refractivity contribution is 6.10. The van der Waals surface area contributed by atoms with Crippen molar-refractivity contribution in [2.75, 3.05) is 13.7 Å². The van der Waals surface area contributed by atoms with Crippen LogP contribution in [0.25, 0.3) is 16.5 Å². The summed E-state index contributed by atoms with van der Waals surface area (Å²) >= 11 is 0. The number of Topliss-reactive ketones (excluding diaryl/α,β-unsaturated/α-hetero) is 1. The van der Waals surface area contributed by atoms with E-state index >= 15 is 0 Å². The molecule has 0 unspecified atom stereocenters. The Morgan fingerprint density at radius 2 is 1.71 bits per heavy atom. The number of ether oxygens (including phenoxy) is 2. The Morgan fingerprint density at radius 1 is 1.00 bits per heavy atom. The van der Waals surface area contributed by atoms with Crippen LogP contribution in [0.4, 0.5) is 0 Å². The van der Waals surface area contributed by atoms with Gasteiger partial charge in [-0.1, -0.05) is 18.2 Å². The molecule has 2 aromatic carbocycles. The van der Waals surface area contributed by atoms with E-state index in [2.05, 4.69) is 0 Å². The molecule has 1 aromatic heterocycles. The van der Waals surface area contributed by atoms with Crippen molar-refractivity contribution in [1.82, 2.24) is 4.57 Å². The lowest BCUT2D eigenvalue weighted by Crippen LogP contribution is -2.27. The molecule has 0 amide bonds. The maximum atomic E-state index is 13.0. The fourth-order valence-corrected chi connectivity index (χ4v) is 3.06. The van der Waals surface area contributed by atoms with E-state index < -0.39 is 0 Å². The number of benzene rings is 2. The first kappa shape index (κ1) is 14.5. The molecule has 24 heavy (non-hydrogen) atoms. The van der Waals surface area contributed by atoms with Crippen molar-refractivity contribution in [3.05, 3.63) is 64.4 Å². The van der Waals surface area contributed by atoms with Gasteiger partial charge in [0.15, 0.2) is 5.78 Å². The monoisotopic (exact) mass is 321 g/mol. The lowest BCUT2D eigenvalue weighted by atomic mass is 10.00. The zero-order valence-corrected chi connectivity index (χ0v) is 13.1. The van der Waals surface area contributed by atoms with Gasteiger partial charge in [0.25, 0.3) is 5.56 Å². The summed E-state index contributed by atoms with van der Waals surface area (Å²) < 4.78 is 12.4. The first-order valence-corrected chi connectivity index (χ1v) is 7.69. The van der Waals surface area contributed by atoms with Crippen molar-refractivity contribution in [3.8, 4) is 17.3 Å². The molecule has 0 fully saturated rings. The third kappa shape index (κ3) is 2.09. The van der Waals surface area contributed by atoms with Crippen molar-refractivity contribution in [3.63, 3.8) is 0 Å². The molecule has 1 aliphatic heterocycles. The van der Waals surface area contributed by atoms with Crippen LogP contribution < -0.4 is 15.0 Å². The van der Waals surface area contributed by atoms with Gasteiger partial charge in [0.05, 0.1) is 25.0 Å². The van der Waals surface area contributed by atoms with Crippen molar-refractivity contribution in [1.29, 1.82) is 0 Å². The van der Waals surface area contributed by atoms with Gasteiger partial charge in [-0.3, -0.25) is 9.59 Å². The highest BCUT2D eigenvalue weighted by atomic mass is 16.5. The Balaban J connectivity index is 2.09. The molecule has 3 aromatic rings. The molecule has 0 bridgehead atoms. The summed E-state index contributed by atoms with van der Waals surface area (Å²) in [5, 5.41) is 1.15. The zero-order chi connectivity index (χ0) is 16.7. The van der Waals surface area contributed by atoms with Gasteiger partial charge in [0.2, 0.25) is 5.88 Å². The molecule has 0 atom stereocenters. The number of hydrogen-bond acceptors (Lipinski definition) is 4. The van der Waals surface area contributed by atoms with Gasteiger partial charge in [-0.25, -0.2) is 4.57 Å². The van der Waals surface area contributed by atoms with Crippen LogP contribution in [0, 0.1) is 0 Å². The van der Waals surface area contributed by atoms with Crippen LogP contribution in [0.15, 0.2) is 53.3 Å². The Kier molecular flexibility index (Phi) is 3.34. The Bertz CT molecular complexity index is 1000. The van der Waals surface area contributed by atoms with E-state index in [4.69, 9.17) is 9.47 Å². The number of carbonyl (C=O) groups excluding carboxylic acids is 1. The maximum absolute atomic E-state index is 13.0. The van der Waals surface area contributed by atoms with Gasteiger partial charge < -0.3 is 9.47 Å². The van der Waals surface area contributed by atoms with Crippen molar-refractivity contribution in [2.45, 2.75) is 6.42 Å². The summed E-state index contributed by atoms with van der Waals surface area (Å²) in [5.41, 5.74) is 0.911. The van der Waals surface area contributed by atoms with Gasteiger partial charge in [-0.2, -0.15) is 0 Å². The summed E-state index contributed by atoms with van der Waals surface area (Å²) in [6.07, 6.45) is 0.317. The zero-order valence-electron chi connectivity index (χ0n) is 13.1. The van der Waals surface area contributed by atoms with Crippen molar-refractivity contribution < 1.29 is 14.3 Å². The molecular weight excluding hydrogens is 306 g/mol. The van der Waals surface area contributed by atoms with E-state index in [-0.39, 0.29) is 17.9 Å². The van der Waals surface area contributed by atoms with Crippen LogP contribution in [0.3, 0.4) is 0 Å². The first-order chi connectivity index (χ1) is 11.7. The summed E-state index contributed by atoms with van der Waals surface area (Å²) in [6.45, 7) is 0.278. The standard InChI is InChI=1S/C19H15NO4/c1-23-13-8-6-12(7-9-13)20-18(22)15-5-3-2-4-14(15)17-16(21)10-11-24-19(17)20/h2-9H,10-11H2,1H3. The predicted octanol–water partition coefficient (Wildman–Crippen LogP) is 2.96. The molecule has 2 heterocycles. The molecule has 120 valence electrons. The van der Waals surface area contributed by atoms with Crippen LogP contribution in [-0.2, 0) is 0 Å². The highest BCUT2D eigenvalue weighted by Crippen LogP contribution is 2.32. The van der Waals surface area contributed by atoms with Crippen molar-refractivity contribution in [2.24, 2.45) is 0 Å². The van der Waals surface area contributed by atoms with Crippen LogP contribution in [-0.4, -0.2) is 24.1 Å². The second kappa shape index (κ2) is 5.53. The number of rotatable bonds is 2. The molecule has 0 spiro atoms. The normalized spacial score (nSPS) is 13.5. The molecule has 5 heteroatoms. The van der Waals surface area contributed by atoms with E-state index in [0.29, 0.717) is 40.1 Å². The fraction of sp³-hybridized carbons (Fsp3) is 0.158. The third-order valence-electron chi connectivity index (χ3n) is 4.22. The van der Waals surface area contributed by atoms with Crippen molar-refractivity contribution >= 4 is 16.6 Å². The van der Waals surface area contributed by atoms with Gasteiger partial charge in [0.1, 0.15) is 5.75 Å². The van der Waals surface area contributed by atoms with E-state index in [1.807, 2.05) is 6.07 Å². The number of methoxy groups -OCH3 is 1. The number of carbonyl (C=O) groups is 1. The third-order valence-corrected chi connectivity index (χ3v) is 4.22. The molecule has 4 rings (SSSR count). The van der Waals surface area contributed by atoms with Crippen LogP contribution in [0.5, 0.6) is 11.6 Å². The molecule has 1 aliphatic rings. The lowest BCUT2D eigenvalue weighted by Gasteiger charge is -2.22. The highest BCUT2D eigenvalue weighted by Gasteiger charge is 2.27. The molecular formula is C19H15NO4. The number of nitrogens with zero attached hydrogens (tertiary/aromatic N) is 1. The van der Waals surface area contributed by atoms with Gasteiger partial charge in [-0.05, 0) is 30.3 Å². The number of ketones is 1. The first-order valence-electron chi connectivity index (χ1n) is 7.69. The van der Waals surface area contributed by atoms with Crippen LogP contribution in [0.2, 0.25) is 0 Å². The second-order valence-corrected chi connectivity index (χ2v) is 5.59. The number of aromatic nitrogens is 1. The summed E-state index contributed by atoms with van der Waals surface area (Å²) in [4.78, 5) is 25.5. The minimum atomic E-state index is -0.204. The Labute approximate surface area is 138 Å². The van der Waals surface area contributed by atoms with Gasteiger partial charge in [-0.15, -0.1) is 0 Å². The average Bonchev–Trinajstić information content (AvgIpc) is 2.62. The molecule has 0 saturated carbocycles. The minimum absolute atomic E-state index is 0.00490. The summed E-state index contributed by atoms with van der Waals surface area (Å²) in [6, 6.07) is 14.2. The molecule has 0 saturated heterocycles. The Hall–Kier alpha value is -3.08. The van der Waals surface area contributed by atoms with E-state index in [1.54, 1.807) is 49.6 Å². The predicted molar refractivity (Wildman–Crippen MR) is 90.5 cm³/mol. The summed E-state index contributed by atoms with van der Waals surface area (Å²) in [5.74, 6) is 1.01. The molecule has 0 N–H and O–H groups in total. The molecule has 0 aliphatic carbocycles. The quantitative estimate of drug-likeness (QED) is 0.728. The SMILES string of the molecule is COc1ccc(-n2c3c(c4ccccc4c2=O)C(=O)CCO3)cc1. The van der Waals surface area contributed by atoms with E-state index in [9.17, 15) is 9.59 Å². The average molecular weight is 321 g/mol.